The smallest absolute Gasteiger partial charge is 0.242 e. The number of hydrogen-bond acceptors (Lipinski definition) is 4. The molecule has 0 atom stereocenters. The molecule has 0 bridgehead atoms. The van der Waals surface area contributed by atoms with Gasteiger partial charge in [-0.2, -0.15) is 0 Å². The lowest BCUT2D eigenvalue weighted by Crippen LogP contribution is -2.44. The summed E-state index contributed by atoms with van der Waals surface area (Å²) in [5.41, 5.74) is 1.43. The first-order valence-corrected chi connectivity index (χ1v) is 5.49. The average molecular weight is 288 g/mol. The molecule has 0 saturated carbocycles. The quantitative estimate of drug-likeness (QED) is 0.496. The molecule has 6 heteroatoms. The van der Waals surface area contributed by atoms with E-state index in [-0.39, 0.29) is 12.5 Å². The number of ether oxygens (including phenoxy) is 1. The molecule has 5 nitrogen and oxygen atoms in total. The van der Waals surface area contributed by atoms with Crippen molar-refractivity contribution in [1.29, 1.82) is 0 Å². The molecular formula is C10H14BrN3O2. The number of nitrogens with zero attached hydrogens (tertiary/aromatic N) is 1. The fraction of sp³-hybridized carbons (Fsp3) is 0.400. The van der Waals surface area contributed by atoms with Crippen LogP contribution in [0.3, 0.4) is 0 Å². The van der Waals surface area contributed by atoms with Crippen LogP contribution < -0.4 is 16.0 Å². The molecule has 88 valence electrons. The van der Waals surface area contributed by atoms with Gasteiger partial charge >= 0.3 is 0 Å². The van der Waals surface area contributed by atoms with E-state index < -0.39 is 5.41 Å². The number of rotatable bonds is 4. The second-order valence-electron chi connectivity index (χ2n) is 3.98. The molecule has 0 aliphatic heterocycles. The minimum atomic E-state index is -0.683. The number of carbonyl (C=O) groups excluding carboxylic acids is 1. The number of nitrogens with one attached hydrogen (secondary N) is 1. The third kappa shape index (κ3) is 3.46. The molecule has 1 aromatic rings. The van der Waals surface area contributed by atoms with E-state index in [4.69, 9.17) is 10.6 Å². The van der Waals surface area contributed by atoms with Crippen LogP contribution in [0.1, 0.15) is 13.8 Å². The summed E-state index contributed by atoms with van der Waals surface area (Å²) < 4.78 is 6.29. The predicted molar refractivity (Wildman–Crippen MR) is 63.5 cm³/mol. The Bertz CT molecular complexity index is 382. The van der Waals surface area contributed by atoms with Crippen molar-refractivity contribution in [1.82, 2.24) is 10.4 Å². The molecule has 0 aromatic carbocycles. The summed E-state index contributed by atoms with van der Waals surface area (Å²) in [6.45, 7) is 3.73. The van der Waals surface area contributed by atoms with Crippen LogP contribution in [0, 0.1) is 5.41 Å². The van der Waals surface area contributed by atoms with Gasteiger partial charge in [-0.1, -0.05) is 0 Å². The molecule has 1 heterocycles. The van der Waals surface area contributed by atoms with Gasteiger partial charge in [-0.15, -0.1) is 0 Å². The summed E-state index contributed by atoms with van der Waals surface area (Å²) in [6, 6.07) is 1.78. The summed E-state index contributed by atoms with van der Waals surface area (Å²) in [5.74, 6) is 5.41. The van der Waals surface area contributed by atoms with Gasteiger partial charge in [0, 0.05) is 10.7 Å². The maximum absolute atomic E-state index is 11.4. The van der Waals surface area contributed by atoms with Gasteiger partial charge < -0.3 is 4.74 Å². The molecule has 16 heavy (non-hydrogen) atoms. The van der Waals surface area contributed by atoms with E-state index in [0.717, 1.165) is 4.47 Å². The number of hydrogen-bond donors (Lipinski definition) is 2. The standard InChI is InChI=1S/C10H14BrN3O2/c1-10(2,9(15)14-12)6-16-8-3-7(11)4-13-5-8/h3-5H,6,12H2,1-2H3,(H,14,15). The summed E-state index contributed by atoms with van der Waals surface area (Å²) in [7, 11) is 0. The van der Waals surface area contributed by atoms with E-state index >= 15 is 0 Å². The fourth-order valence-electron chi connectivity index (χ4n) is 0.996. The lowest BCUT2D eigenvalue weighted by atomic mass is 9.94. The Kier molecular flexibility index (Phi) is 4.26. The number of halogens is 1. The highest BCUT2D eigenvalue weighted by atomic mass is 79.9. The molecule has 0 spiro atoms. The van der Waals surface area contributed by atoms with Crippen molar-refractivity contribution in [2.24, 2.45) is 11.3 Å². The van der Waals surface area contributed by atoms with E-state index in [2.05, 4.69) is 26.3 Å². The molecule has 0 aliphatic carbocycles. The summed E-state index contributed by atoms with van der Waals surface area (Å²) in [6.07, 6.45) is 3.24. The zero-order valence-corrected chi connectivity index (χ0v) is 10.7. The van der Waals surface area contributed by atoms with Crippen LogP contribution in [0.25, 0.3) is 0 Å². The van der Waals surface area contributed by atoms with E-state index in [9.17, 15) is 4.79 Å². The van der Waals surface area contributed by atoms with Crippen molar-refractivity contribution >= 4 is 21.8 Å². The molecular weight excluding hydrogens is 274 g/mol. The molecule has 1 aromatic heterocycles. The molecule has 0 radical (unpaired) electrons. The van der Waals surface area contributed by atoms with Gasteiger partial charge in [0.05, 0.1) is 11.6 Å². The van der Waals surface area contributed by atoms with Crippen LogP contribution in [-0.4, -0.2) is 17.5 Å². The van der Waals surface area contributed by atoms with Crippen molar-refractivity contribution in [2.75, 3.05) is 6.61 Å². The third-order valence-electron chi connectivity index (χ3n) is 2.03. The Hall–Kier alpha value is -1.14. The second kappa shape index (κ2) is 5.27. The van der Waals surface area contributed by atoms with Gasteiger partial charge in [0.1, 0.15) is 12.4 Å². The van der Waals surface area contributed by atoms with Crippen LogP contribution in [0.2, 0.25) is 0 Å². The van der Waals surface area contributed by atoms with Crippen LogP contribution in [0.4, 0.5) is 0 Å². The van der Waals surface area contributed by atoms with Gasteiger partial charge in [-0.25, -0.2) is 5.84 Å². The predicted octanol–water partition coefficient (Wildman–Crippen LogP) is 1.24. The lowest BCUT2D eigenvalue weighted by molar-refractivity contribution is -0.130. The van der Waals surface area contributed by atoms with E-state index in [0.29, 0.717) is 5.75 Å². The first-order valence-electron chi connectivity index (χ1n) is 4.70. The second-order valence-corrected chi connectivity index (χ2v) is 4.90. The Labute approximate surface area is 102 Å². The number of pyridine rings is 1. The maximum atomic E-state index is 11.4. The Balaban J connectivity index is 2.61. The van der Waals surface area contributed by atoms with Crippen molar-refractivity contribution in [3.63, 3.8) is 0 Å². The minimum absolute atomic E-state index is 0.230. The van der Waals surface area contributed by atoms with Gasteiger partial charge in [-0.05, 0) is 35.8 Å². The molecule has 1 rings (SSSR count). The highest BCUT2D eigenvalue weighted by Gasteiger charge is 2.27. The van der Waals surface area contributed by atoms with Crippen molar-refractivity contribution in [3.05, 3.63) is 22.9 Å². The summed E-state index contributed by atoms with van der Waals surface area (Å²) in [5, 5.41) is 0. The van der Waals surface area contributed by atoms with Crippen LogP contribution >= 0.6 is 15.9 Å². The largest absolute Gasteiger partial charge is 0.491 e. The Morgan fingerprint density at radius 1 is 1.62 bits per heavy atom. The van der Waals surface area contributed by atoms with E-state index in [1.807, 2.05) is 0 Å². The molecule has 1 amide bonds. The number of nitrogens with two attached hydrogens (primary N) is 1. The molecule has 0 fully saturated rings. The van der Waals surface area contributed by atoms with Gasteiger partial charge in [0.25, 0.3) is 0 Å². The topological polar surface area (TPSA) is 77.2 Å². The number of amides is 1. The first kappa shape index (κ1) is 12.9. The van der Waals surface area contributed by atoms with Crippen molar-refractivity contribution in [3.8, 4) is 5.75 Å². The van der Waals surface area contributed by atoms with Crippen molar-refractivity contribution < 1.29 is 9.53 Å². The maximum Gasteiger partial charge on any atom is 0.242 e. The minimum Gasteiger partial charge on any atom is -0.491 e. The number of aromatic nitrogens is 1. The monoisotopic (exact) mass is 287 g/mol. The molecule has 0 saturated heterocycles. The first-order chi connectivity index (χ1) is 7.45. The zero-order chi connectivity index (χ0) is 12.2. The van der Waals surface area contributed by atoms with E-state index in [1.54, 1.807) is 32.3 Å². The Morgan fingerprint density at radius 3 is 2.88 bits per heavy atom. The number of carbonyl (C=O) groups is 1. The van der Waals surface area contributed by atoms with Crippen LogP contribution in [-0.2, 0) is 4.79 Å². The van der Waals surface area contributed by atoms with Gasteiger partial charge in [0.15, 0.2) is 0 Å². The Morgan fingerprint density at radius 2 is 2.31 bits per heavy atom. The summed E-state index contributed by atoms with van der Waals surface area (Å²) >= 11 is 3.28. The average Bonchev–Trinajstić information content (AvgIpc) is 2.25. The highest BCUT2D eigenvalue weighted by molar-refractivity contribution is 9.10. The van der Waals surface area contributed by atoms with Gasteiger partial charge in [0.2, 0.25) is 5.91 Å². The van der Waals surface area contributed by atoms with Crippen LogP contribution in [0.15, 0.2) is 22.9 Å². The highest BCUT2D eigenvalue weighted by Crippen LogP contribution is 2.20. The zero-order valence-electron chi connectivity index (χ0n) is 9.16. The molecule has 0 unspecified atom stereocenters. The molecule has 3 N–H and O–H groups in total. The van der Waals surface area contributed by atoms with Crippen LogP contribution in [0.5, 0.6) is 5.75 Å². The fourth-order valence-corrected chi connectivity index (χ4v) is 1.34. The summed E-state index contributed by atoms with van der Waals surface area (Å²) in [4.78, 5) is 15.3. The van der Waals surface area contributed by atoms with Gasteiger partial charge in [-0.3, -0.25) is 15.2 Å². The van der Waals surface area contributed by atoms with E-state index in [1.165, 1.54) is 0 Å². The third-order valence-corrected chi connectivity index (χ3v) is 2.46. The normalized spacial score (nSPS) is 11.0. The number of hydrazine groups is 1. The SMILES string of the molecule is CC(C)(COc1cncc(Br)c1)C(=O)NN. The van der Waals surface area contributed by atoms with Crippen molar-refractivity contribution in [2.45, 2.75) is 13.8 Å². The lowest BCUT2D eigenvalue weighted by Gasteiger charge is -2.22. The molecule has 0 aliphatic rings.